The van der Waals surface area contributed by atoms with Crippen molar-refractivity contribution in [3.8, 4) is 0 Å². The first kappa shape index (κ1) is 14.5. The molecule has 0 aromatic carbocycles. The number of hydrogen-bond donors (Lipinski definition) is 2. The van der Waals surface area contributed by atoms with Crippen LogP contribution in [0.15, 0.2) is 22.6 Å². The van der Waals surface area contributed by atoms with Crippen molar-refractivity contribution in [2.45, 2.75) is 12.3 Å². The van der Waals surface area contributed by atoms with E-state index in [4.69, 9.17) is 5.11 Å². The number of aliphatic hydroxyl groups is 1. The van der Waals surface area contributed by atoms with E-state index in [9.17, 15) is 22.8 Å². The Morgan fingerprint density at radius 1 is 1.55 bits per heavy atom. The van der Waals surface area contributed by atoms with Crippen LogP contribution in [-0.4, -0.2) is 39.2 Å². The Kier molecular flexibility index (Phi) is 3.77. The van der Waals surface area contributed by atoms with Crippen LogP contribution in [0.2, 0.25) is 0 Å². The van der Waals surface area contributed by atoms with E-state index < -0.39 is 35.9 Å². The number of amides is 1. The first-order valence-electron chi connectivity index (χ1n) is 5.28. The highest BCUT2D eigenvalue weighted by Crippen LogP contribution is 2.19. The second-order valence-corrected chi connectivity index (χ2v) is 4.67. The number of thiazole rings is 1. The highest BCUT2D eigenvalue weighted by Gasteiger charge is 2.38. The normalized spacial score (nSPS) is 13.4. The third-order valence-electron chi connectivity index (χ3n) is 2.42. The Hall–Kier alpha value is -1.94. The van der Waals surface area contributed by atoms with Gasteiger partial charge < -0.3 is 10.4 Å². The summed E-state index contributed by atoms with van der Waals surface area (Å²) in [5, 5.41) is 12.2. The molecule has 2 aromatic heterocycles. The maximum Gasteiger partial charge on any atom is 0.416 e. The summed E-state index contributed by atoms with van der Waals surface area (Å²) < 4.78 is 37.3. The lowest BCUT2D eigenvalue weighted by atomic mass is 10.3. The fourth-order valence-corrected chi connectivity index (χ4v) is 2.06. The SMILES string of the molecule is O=C(NCC(O)C(F)(F)F)c1cnc2sccn2c1=O. The third kappa shape index (κ3) is 2.80. The number of aromatic nitrogens is 2. The molecule has 0 aliphatic heterocycles. The molecule has 0 bridgehead atoms. The first-order chi connectivity index (χ1) is 9.30. The number of alkyl halides is 3. The van der Waals surface area contributed by atoms with Gasteiger partial charge in [-0.05, 0) is 0 Å². The van der Waals surface area contributed by atoms with Crippen LogP contribution >= 0.6 is 11.3 Å². The molecule has 2 aromatic rings. The fraction of sp³-hybridized carbons (Fsp3) is 0.300. The molecule has 20 heavy (non-hydrogen) atoms. The van der Waals surface area contributed by atoms with Crippen molar-refractivity contribution in [3.63, 3.8) is 0 Å². The maximum atomic E-state index is 12.1. The standard InChI is InChI=1S/C10H8F3N3O3S/c11-10(12,13)6(17)4-14-7(18)5-3-15-9-16(8(5)19)1-2-20-9/h1-3,6,17H,4H2,(H,14,18). The lowest BCUT2D eigenvalue weighted by Crippen LogP contribution is -2.42. The maximum absolute atomic E-state index is 12.1. The summed E-state index contributed by atoms with van der Waals surface area (Å²) in [4.78, 5) is 27.7. The zero-order chi connectivity index (χ0) is 14.9. The molecule has 1 amide bonds. The predicted molar refractivity (Wildman–Crippen MR) is 63.7 cm³/mol. The van der Waals surface area contributed by atoms with Crippen molar-refractivity contribution in [2.75, 3.05) is 6.54 Å². The summed E-state index contributed by atoms with van der Waals surface area (Å²) in [7, 11) is 0. The minimum absolute atomic E-state index is 0.363. The van der Waals surface area contributed by atoms with E-state index in [0.717, 1.165) is 10.6 Å². The average Bonchev–Trinajstić information content (AvgIpc) is 2.84. The Morgan fingerprint density at radius 2 is 2.25 bits per heavy atom. The number of aliphatic hydroxyl groups excluding tert-OH is 1. The third-order valence-corrected chi connectivity index (χ3v) is 3.19. The molecular weight excluding hydrogens is 299 g/mol. The quantitative estimate of drug-likeness (QED) is 0.860. The molecule has 6 nitrogen and oxygen atoms in total. The highest BCUT2D eigenvalue weighted by atomic mass is 32.1. The molecule has 0 saturated carbocycles. The van der Waals surface area contributed by atoms with Crippen molar-refractivity contribution < 1.29 is 23.1 Å². The molecule has 10 heteroatoms. The molecule has 2 N–H and O–H groups in total. The summed E-state index contributed by atoms with van der Waals surface area (Å²) in [6, 6.07) is 0. The van der Waals surface area contributed by atoms with Gasteiger partial charge in [-0.1, -0.05) is 0 Å². The second-order valence-electron chi connectivity index (χ2n) is 3.80. The van der Waals surface area contributed by atoms with Crippen molar-refractivity contribution >= 4 is 22.2 Å². The fourth-order valence-electron chi connectivity index (χ4n) is 1.38. The molecule has 108 valence electrons. The number of carbonyl (C=O) groups is 1. The number of rotatable bonds is 3. The van der Waals surface area contributed by atoms with Crippen LogP contribution in [0.25, 0.3) is 4.96 Å². The van der Waals surface area contributed by atoms with Crippen LogP contribution in [0, 0.1) is 0 Å². The van der Waals surface area contributed by atoms with Crippen LogP contribution in [0.4, 0.5) is 13.2 Å². The molecule has 0 spiro atoms. The van der Waals surface area contributed by atoms with Crippen molar-refractivity contribution in [2.24, 2.45) is 0 Å². The number of nitrogens with one attached hydrogen (secondary N) is 1. The second kappa shape index (κ2) is 5.21. The number of nitrogens with zero attached hydrogens (tertiary/aromatic N) is 2. The summed E-state index contributed by atoms with van der Waals surface area (Å²) in [6.45, 7) is -1.03. The summed E-state index contributed by atoms with van der Waals surface area (Å²) in [5.74, 6) is -1.02. The van der Waals surface area contributed by atoms with E-state index in [2.05, 4.69) is 4.98 Å². The summed E-state index contributed by atoms with van der Waals surface area (Å²) in [5.41, 5.74) is -1.08. The molecule has 2 rings (SSSR count). The molecule has 0 aliphatic rings. The Balaban J connectivity index is 2.16. The van der Waals surface area contributed by atoms with Crippen molar-refractivity contribution in [1.82, 2.24) is 14.7 Å². The minimum atomic E-state index is -4.84. The van der Waals surface area contributed by atoms with Gasteiger partial charge in [0.1, 0.15) is 5.56 Å². The van der Waals surface area contributed by atoms with Gasteiger partial charge in [0.15, 0.2) is 11.1 Å². The lowest BCUT2D eigenvalue weighted by Gasteiger charge is -2.14. The Morgan fingerprint density at radius 3 is 2.90 bits per heavy atom. The predicted octanol–water partition coefficient (Wildman–Crippen LogP) is 0.409. The Bertz CT molecular complexity index is 694. The molecule has 0 saturated heterocycles. The van der Waals surface area contributed by atoms with Crippen LogP contribution in [0.5, 0.6) is 0 Å². The van der Waals surface area contributed by atoms with E-state index in [-0.39, 0.29) is 0 Å². The lowest BCUT2D eigenvalue weighted by molar-refractivity contribution is -0.201. The van der Waals surface area contributed by atoms with Crippen LogP contribution in [0.3, 0.4) is 0 Å². The van der Waals surface area contributed by atoms with Crippen LogP contribution < -0.4 is 10.9 Å². The summed E-state index contributed by atoms with van der Waals surface area (Å²) in [6.07, 6.45) is -5.13. The highest BCUT2D eigenvalue weighted by molar-refractivity contribution is 7.15. The van der Waals surface area contributed by atoms with Gasteiger partial charge in [0, 0.05) is 17.8 Å². The molecular formula is C10H8F3N3O3S. The van der Waals surface area contributed by atoms with Crippen LogP contribution in [0.1, 0.15) is 10.4 Å². The van der Waals surface area contributed by atoms with E-state index in [1.54, 1.807) is 5.38 Å². The van der Waals surface area contributed by atoms with Gasteiger partial charge in [0.25, 0.3) is 11.5 Å². The van der Waals surface area contributed by atoms with Gasteiger partial charge in [-0.2, -0.15) is 13.2 Å². The molecule has 2 heterocycles. The molecule has 1 unspecified atom stereocenters. The van der Waals surface area contributed by atoms with Crippen molar-refractivity contribution in [3.05, 3.63) is 33.7 Å². The zero-order valence-corrected chi connectivity index (χ0v) is 10.5. The van der Waals surface area contributed by atoms with E-state index in [1.807, 2.05) is 5.32 Å². The number of halogens is 3. The molecule has 0 aliphatic carbocycles. The van der Waals surface area contributed by atoms with E-state index in [1.165, 1.54) is 17.5 Å². The smallest absolute Gasteiger partial charge is 0.382 e. The zero-order valence-electron chi connectivity index (χ0n) is 9.72. The number of fused-ring (bicyclic) bond motifs is 1. The van der Waals surface area contributed by atoms with E-state index >= 15 is 0 Å². The molecule has 0 fully saturated rings. The topological polar surface area (TPSA) is 83.7 Å². The van der Waals surface area contributed by atoms with Gasteiger partial charge in [0.05, 0.1) is 6.54 Å². The van der Waals surface area contributed by atoms with Gasteiger partial charge >= 0.3 is 6.18 Å². The van der Waals surface area contributed by atoms with Crippen LogP contribution in [-0.2, 0) is 0 Å². The van der Waals surface area contributed by atoms with Gasteiger partial charge in [-0.15, -0.1) is 11.3 Å². The number of hydrogen-bond acceptors (Lipinski definition) is 5. The van der Waals surface area contributed by atoms with Gasteiger partial charge in [0.2, 0.25) is 0 Å². The Labute approximate surface area is 113 Å². The monoisotopic (exact) mass is 307 g/mol. The summed E-state index contributed by atoms with van der Waals surface area (Å²) >= 11 is 1.17. The number of carbonyl (C=O) groups excluding carboxylic acids is 1. The molecule has 0 radical (unpaired) electrons. The first-order valence-corrected chi connectivity index (χ1v) is 6.16. The molecule has 1 atom stereocenters. The van der Waals surface area contributed by atoms with Gasteiger partial charge in [-0.25, -0.2) is 4.98 Å². The van der Waals surface area contributed by atoms with Gasteiger partial charge in [-0.3, -0.25) is 14.0 Å². The minimum Gasteiger partial charge on any atom is -0.382 e. The van der Waals surface area contributed by atoms with E-state index in [0.29, 0.717) is 4.96 Å². The largest absolute Gasteiger partial charge is 0.416 e. The van der Waals surface area contributed by atoms with Crippen molar-refractivity contribution in [1.29, 1.82) is 0 Å². The average molecular weight is 307 g/mol.